The topological polar surface area (TPSA) is 55.1 Å². The maximum atomic E-state index is 10.8. The molecule has 2 rings (SSSR count). The van der Waals surface area contributed by atoms with Crippen LogP contribution in [0.2, 0.25) is 0 Å². The molecule has 1 aliphatic heterocycles. The van der Waals surface area contributed by atoms with Crippen molar-refractivity contribution in [3.05, 3.63) is 0 Å². The number of carbonyl (C=O) groups is 1. The summed E-state index contributed by atoms with van der Waals surface area (Å²) in [4.78, 5) is 10.8. The quantitative estimate of drug-likeness (QED) is 0.571. The molecular weight excluding hydrogens is 160 g/mol. The van der Waals surface area contributed by atoms with Gasteiger partial charge in [-0.25, -0.2) is 0 Å². The summed E-state index contributed by atoms with van der Waals surface area (Å²) in [6.45, 7) is 0.764. The van der Waals surface area contributed by atoms with Crippen molar-refractivity contribution in [1.82, 2.24) is 5.32 Å². The average Bonchev–Trinajstić information content (AvgIpc) is 2.70. The van der Waals surface area contributed by atoms with Crippen LogP contribution >= 0.6 is 11.8 Å². The molecule has 0 radical (unpaired) electrons. The second kappa shape index (κ2) is 2.38. The molecule has 1 unspecified atom stereocenters. The molecular formula is C7H12N2OS. The van der Waals surface area contributed by atoms with Gasteiger partial charge >= 0.3 is 0 Å². The zero-order valence-corrected chi connectivity index (χ0v) is 7.12. The first-order valence-corrected chi connectivity index (χ1v) is 4.93. The highest BCUT2D eigenvalue weighted by molar-refractivity contribution is 8.00. The molecule has 3 N–H and O–H groups in total. The number of hydrogen-bond acceptors (Lipinski definition) is 3. The Morgan fingerprint density at radius 1 is 1.64 bits per heavy atom. The van der Waals surface area contributed by atoms with Crippen molar-refractivity contribution in [1.29, 1.82) is 0 Å². The van der Waals surface area contributed by atoms with E-state index < -0.39 is 0 Å². The predicted octanol–water partition coefficient (Wildman–Crippen LogP) is -0.291. The van der Waals surface area contributed by atoms with Gasteiger partial charge in [0.25, 0.3) is 0 Å². The highest BCUT2D eigenvalue weighted by Crippen LogP contribution is 2.41. The van der Waals surface area contributed by atoms with Crippen LogP contribution in [-0.2, 0) is 4.79 Å². The molecule has 2 aliphatic rings. The van der Waals surface area contributed by atoms with Crippen LogP contribution in [0.4, 0.5) is 0 Å². The predicted molar refractivity (Wildman–Crippen MR) is 45.4 cm³/mol. The minimum Gasteiger partial charge on any atom is -0.354 e. The molecule has 0 aromatic rings. The molecule has 0 aromatic carbocycles. The fraction of sp³-hybridized carbons (Fsp3) is 0.857. The Kier molecular flexibility index (Phi) is 1.61. The molecule has 4 heteroatoms. The van der Waals surface area contributed by atoms with Crippen LogP contribution in [0.25, 0.3) is 0 Å². The lowest BCUT2D eigenvalue weighted by atomic mass is 10.2. The molecule has 2 fully saturated rings. The summed E-state index contributed by atoms with van der Waals surface area (Å²) in [5.74, 6) is 0.736. The number of thioether (sulfide) groups is 1. The lowest BCUT2D eigenvalue weighted by Gasteiger charge is -2.26. The molecule has 1 atom stereocenters. The van der Waals surface area contributed by atoms with Gasteiger partial charge in [0, 0.05) is 17.3 Å². The van der Waals surface area contributed by atoms with Crippen LogP contribution in [0.5, 0.6) is 0 Å². The van der Waals surface area contributed by atoms with Crippen molar-refractivity contribution < 1.29 is 4.79 Å². The fourth-order valence-corrected chi connectivity index (χ4v) is 2.55. The van der Waals surface area contributed by atoms with Gasteiger partial charge in [-0.15, -0.1) is 11.8 Å². The van der Waals surface area contributed by atoms with E-state index in [1.807, 2.05) is 0 Å². The summed E-state index contributed by atoms with van der Waals surface area (Å²) in [7, 11) is 0. The molecule has 62 valence electrons. The summed E-state index contributed by atoms with van der Waals surface area (Å²) in [5.41, 5.74) is 6.05. The standard InChI is InChI=1S/C7H12N2OS/c8-7(1-2-7)5-3-9-6(10)4-11-5/h5H,1-4,8H2,(H,9,10). The first kappa shape index (κ1) is 7.43. The molecule has 1 saturated carbocycles. The third kappa shape index (κ3) is 1.37. The molecule has 1 saturated heterocycles. The van der Waals surface area contributed by atoms with Crippen LogP contribution in [0.3, 0.4) is 0 Å². The van der Waals surface area contributed by atoms with Gasteiger partial charge in [0.15, 0.2) is 0 Å². The van der Waals surface area contributed by atoms with Crippen LogP contribution in [0.1, 0.15) is 12.8 Å². The van der Waals surface area contributed by atoms with E-state index in [2.05, 4.69) is 5.32 Å². The maximum absolute atomic E-state index is 10.8. The Morgan fingerprint density at radius 3 is 2.82 bits per heavy atom. The van der Waals surface area contributed by atoms with E-state index in [0.29, 0.717) is 11.0 Å². The van der Waals surface area contributed by atoms with Crippen LogP contribution in [0.15, 0.2) is 0 Å². The van der Waals surface area contributed by atoms with Crippen molar-refractivity contribution in [2.75, 3.05) is 12.3 Å². The molecule has 1 amide bonds. The van der Waals surface area contributed by atoms with Crippen molar-refractivity contribution in [3.8, 4) is 0 Å². The SMILES string of the molecule is NC1(C2CNC(=O)CS2)CC1. The lowest BCUT2D eigenvalue weighted by molar-refractivity contribution is -0.118. The van der Waals surface area contributed by atoms with E-state index in [9.17, 15) is 4.79 Å². The number of hydrogen-bond donors (Lipinski definition) is 2. The van der Waals surface area contributed by atoms with Crippen LogP contribution in [0, 0.1) is 0 Å². The zero-order valence-electron chi connectivity index (χ0n) is 6.30. The van der Waals surface area contributed by atoms with E-state index in [-0.39, 0.29) is 11.4 Å². The van der Waals surface area contributed by atoms with E-state index in [1.54, 1.807) is 11.8 Å². The van der Waals surface area contributed by atoms with Crippen molar-refractivity contribution in [3.63, 3.8) is 0 Å². The van der Waals surface area contributed by atoms with Gasteiger partial charge in [-0.05, 0) is 12.8 Å². The number of rotatable bonds is 1. The van der Waals surface area contributed by atoms with E-state index in [4.69, 9.17) is 5.73 Å². The largest absolute Gasteiger partial charge is 0.354 e. The summed E-state index contributed by atoms with van der Waals surface area (Å²) >= 11 is 1.70. The van der Waals surface area contributed by atoms with Crippen molar-refractivity contribution >= 4 is 17.7 Å². The van der Waals surface area contributed by atoms with E-state index in [0.717, 1.165) is 19.4 Å². The second-order valence-corrected chi connectivity index (χ2v) is 4.53. The molecule has 1 heterocycles. The Balaban J connectivity index is 1.92. The normalized spacial score (nSPS) is 34.6. The van der Waals surface area contributed by atoms with Crippen LogP contribution < -0.4 is 11.1 Å². The third-order valence-corrected chi connectivity index (χ3v) is 3.84. The number of carbonyl (C=O) groups excluding carboxylic acids is 1. The van der Waals surface area contributed by atoms with Gasteiger partial charge in [-0.2, -0.15) is 0 Å². The molecule has 0 bridgehead atoms. The monoisotopic (exact) mass is 172 g/mol. The number of amides is 1. The van der Waals surface area contributed by atoms with Gasteiger partial charge in [-0.1, -0.05) is 0 Å². The highest BCUT2D eigenvalue weighted by Gasteiger charge is 2.47. The summed E-state index contributed by atoms with van der Waals surface area (Å²) in [6, 6.07) is 0. The Morgan fingerprint density at radius 2 is 2.36 bits per heavy atom. The fourth-order valence-electron chi connectivity index (χ4n) is 1.33. The molecule has 1 aliphatic carbocycles. The lowest BCUT2D eigenvalue weighted by Crippen LogP contribution is -2.47. The second-order valence-electron chi connectivity index (χ2n) is 3.34. The zero-order chi connectivity index (χ0) is 7.90. The van der Waals surface area contributed by atoms with Crippen molar-refractivity contribution in [2.45, 2.75) is 23.6 Å². The minimum atomic E-state index is 0.0539. The number of nitrogens with two attached hydrogens (primary N) is 1. The smallest absolute Gasteiger partial charge is 0.230 e. The first-order valence-electron chi connectivity index (χ1n) is 3.88. The van der Waals surface area contributed by atoms with Crippen LogP contribution in [-0.4, -0.2) is 29.0 Å². The molecule has 11 heavy (non-hydrogen) atoms. The maximum Gasteiger partial charge on any atom is 0.230 e. The highest BCUT2D eigenvalue weighted by atomic mass is 32.2. The van der Waals surface area contributed by atoms with Gasteiger partial charge in [0.05, 0.1) is 5.75 Å². The summed E-state index contributed by atoms with van der Waals surface area (Å²) in [5, 5.41) is 3.30. The molecule has 3 nitrogen and oxygen atoms in total. The van der Waals surface area contributed by atoms with Gasteiger partial charge in [0.2, 0.25) is 5.91 Å². The first-order chi connectivity index (χ1) is 5.21. The average molecular weight is 172 g/mol. The number of nitrogens with one attached hydrogen (secondary N) is 1. The van der Waals surface area contributed by atoms with Gasteiger partial charge in [0.1, 0.15) is 0 Å². The van der Waals surface area contributed by atoms with Gasteiger partial charge < -0.3 is 11.1 Å². The molecule has 0 aromatic heterocycles. The summed E-state index contributed by atoms with van der Waals surface area (Å²) < 4.78 is 0. The summed E-state index contributed by atoms with van der Waals surface area (Å²) in [6.07, 6.45) is 2.25. The Labute approximate surface area is 70.1 Å². The van der Waals surface area contributed by atoms with Gasteiger partial charge in [-0.3, -0.25) is 4.79 Å². The Bertz CT molecular complexity index is 181. The minimum absolute atomic E-state index is 0.0539. The Hall–Kier alpha value is -0.220. The third-order valence-electron chi connectivity index (χ3n) is 2.37. The van der Waals surface area contributed by atoms with E-state index in [1.165, 1.54) is 0 Å². The van der Waals surface area contributed by atoms with E-state index >= 15 is 0 Å². The molecule has 0 spiro atoms. The van der Waals surface area contributed by atoms with Crippen molar-refractivity contribution in [2.24, 2.45) is 5.73 Å².